The van der Waals surface area contributed by atoms with E-state index in [0.29, 0.717) is 19.5 Å². The number of nitrogens with one attached hydrogen (secondary N) is 1. The Morgan fingerprint density at radius 3 is 2.79 bits per heavy atom. The molecule has 3 heterocycles. The molecule has 0 spiro atoms. The lowest BCUT2D eigenvalue weighted by molar-refractivity contribution is -0.127. The zero-order chi connectivity index (χ0) is 19.5. The SMILES string of the molecule is CC(=O)N1CC[C@H](c2c(C(=O)NCCc3ccccn3)sc3ccccc23)C1. The highest BCUT2D eigenvalue weighted by Gasteiger charge is 2.31. The van der Waals surface area contributed by atoms with Crippen molar-refractivity contribution in [3.8, 4) is 0 Å². The van der Waals surface area contributed by atoms with Crippen molar-refractivity contribution >= 4 is 33.2 Å². The van der Waals surface area contributed by atoms with Crippen LogP contribution in [0.3, 0.4) is 0 Å². The Balaban J connectivity index is 1.56. The van der Waals surface area contributed by atoms with Gasteiger partial charge in [-0.15, -0.1) is 11.3 Å². The van der Waals surface area contributed by atoms with E-state index in [0.717, 1.165) is 39.2 Å². The van der Waals surface area contributed by atoms with Crippen LogP contribution in [0.5, 0.6) is 0 Å². The summed E-state index contributed by atoms with van der Waals surface area (Å²) >= 11 is 1.54. The van der Waals surface area contributed by atoms with Gasteiger partial charge in [0.15, 0.2) is 0 Å². The van der Waals surface area contributed by atoms with Gasteiger partial charge >= 0.3 is 0 Å². The second-order valence-corrected chi connectivity index (χ2v) is 8.17. The monoisotopic (exact) mass is 393 g/mol. The second-order valence-electron chi connectivity index (χ2n) is 7.12. The van der Waals surface area contributed by atoms with E-state index >= 15 is 0 Å². The average molecular weight is 394 g/mol. The normalized spacial score (nSPS) is 16.5. The van der Waals surface area contributed by atoms with E-state index < -0.39 is 0 Å². The number of hydrogen-bond acceptors (Lipinski definition) is 4. The minimum absolute atomic E-state index is 0.0339. The topological polar surface area (TPSA) is 62.3 Å². The molecule has 1 aromatic carbocycles. The van der Waals surface area contributed by atoms with Gasteiger partial charge in [0, 0.05) is 55.5 Å². The zero-order valence-corrected chi connectivity index (χ0v) is 16.7. The zero-order valence-electron chi connectivity index (χ0n) is 15.9. The van der Waals surface area contributed by atoms with E-state index in [9.17, 15) is 9.59 Å². The van der Waals surface area contributed by atoms with Crippen LogP contribution in [0.25, 0.3) is 10.1 Å². The van der Waals surface area contributed by atoms with Gasteiger partial charge in [-0.3, -0.25) is 14.6 Å². The molecule has 4 rings (SSSR count). The molecule has 28 heavy (non-hydrogen) atoms. The van der Waals surface area contributed by atoms with Gasteiger partial charge in [-0.2, -0.15) is 0 Å². The summed E-state index contributed by atoms with van der Waals surface area (Å²) in [4.78, 5) is 31.7. The number of rotatable bonds is 5. The molecule has 2 amide bonds. The minimum atomic E-state index is -0.0339. The van der Waals surface area contributed by atoms with Crippen LogP contribution in [0.15, 0.2) is 48.7 Å². The van der Waals surface area contributed by atoms with Crippen LogP contribution < -0.4 is 5.32 Å². The first-order valence-electron chi connectivity index (χ1n) is 9.58. The van der Waals surface area contributed by atoms with Crippen molar-refractivity contribution in [2.75, 3.05) is 19.6 Å². The Hall–Kier alpha value is -2.73. The van der Waals surface area contributed by atoms with Gasteiger partial charge in [0.05, 0.1) is 4.88 Å². The lowest BCUT2D eigenvalue weighted by Gasteiger charge is -2.15. The summed E-state index contributed by atoms with van der Waals surface area (Å²) in [6.07, 6.45) is 3.37. The third-order valence-corrected chi connectivity index (χ3v) is 6.46. The highest BCUT2D eigenvalue weighted by molar-refractivity contribution is 7.21. The Morgan fingerprint density at radius 2 is 2.04 bits per heavy atom. The highest BCUT2D eigenvalue weighted by Crippen LogP contribution is 2.40. The molecule has 5 nitrogen and oxygen atoms in total. The van der Waals surface area contributed by atoms with Gasteiger partial charge in [-0.25, -0.2) is 0 Å². The summed E-state index contributed by atoms with van der Waals surface area (Å²) in [6.45, 7) is 3.60. The fourth-order valence-electron chi connectivity index (χ4n) is 3.85. The number of carbonyl (C=O) groups excluding carboxylic acids is 2. The molecule has 0 unspecified atom stereocenters. The third-order valence-electron chi connectivity index (χ3n) is 5.27. The number of benzene rings is 1. The summed E-state index contributed by atoms with van der Waals surface area (Å²) in [5.74, 6) is 0.272. The van der Waals surface area contributed by atoms with Crippen LogP contribution in [0.2, 0.25) is 0 Å². The summed E-state index contributed by atoms with van der Waals surface area (Å²) in [5.41, 5.74) is 2.06. The predicted molar refractivity (Wildman–Crippen MR) is 112 cm³/mol. The van der Waals surface area contributed by atoms with Gasteiger partial charge in [-0.1, -0.05) is 24.3 Å². The molecule has 1 saturated heterocycles. The largest absolute Gasteiger partial charge is 0.351 e. The Morgan fingerprint density at radius 1 is 1.21 bits per heavy atom. The maximum absolute atomic E-state index is 13.0. The number of thiophene rings is 1. The highest BCUT2D eigenvalue weighted by atomic mass is 32.1. The summed E-state index contributed by atoms with van der Waals surface area (Å²) < 4.78 is 1.12. The number of hydrogen-bond donors (Lipinski definition) is 1. The molecule has 0 bridgehead atoms. The quantitative estimate of drug-likeness (QED) is 0.720. The smallest absolute Gasteiger partial charge is 0.261 e. The molecule has 0 saturated carbocycles. The molecule has 1 fully saturated rings. The number of nitrogens with zero attached hydrogens (tertiary/aromatic N) is 2. The number of amides is 2. The van der Waals surface area contributed by atoms with E-state index in [1.807, 2.05) is 35.2 Å². The first kappa shape index (κ1) is 18.6. The molecule has 1 aliphatic heterocycles. The van der Waals surface area contributed by atoms with Crippen molar-refractivity contribution in [1.29, 1.82) is 0 Å². The van der Waals surface area contributed by atoms with Gasteiger partial charge in [-0.05, 0) is 35.6 Å². The van der Waals surface area contributed by atoms with Crippen LogP contribution in [-0.4, -0.2) is 41.3 Å². The maximum atomic E-state index is 13.0. The lowest BCUT2D eigenvalue weighted by atomic mass is 9.95. The summed E-state index contributed by atoms with van der Waals surface area (Å²) in [5, 5.41) is 4.19. The molecule has 6 heteroatoms. The molecular formula is C22H23N3O2S. The molecule has 3 aromatic rings. The number of likely N-dealkylation sites (tertiary alicyclic amines) is 1. The first-order chi connectivity index (χ1) is 13.6. The fraction of sp³-hybridized carbons (Fsp3) is 0.318. The Bertz CT molecular complexity index is 999. The van der Waals surface area contributed by atoms with Crippen LogP contribution in [0.4, 0.5) is 0 Å². The van der Waals surface area contributed by atoms with Crippen molar-refractivity contribution in [3.63, 3.8) is 0 Å². The molecular weight excluding hydrogens is 370 g/mol. The van der Waals surface area contributed by atoms with Crippen LogP contribution in [0, 0.1) is 0 Å². The molecule has 1 atom stereocenters. The first-order valence-corrected chi connectivity index (χ1v) is 10.4. The predicted octanol–water partition coefficient (Wildman–Crippen LogP) is 3.60. The van der Waals surface area contributed by atoms with Crippen molar-refractivity contribution in [2.24, 2.45) is 0 Å². The number of fused-ring (bicyclic) bond motifs is 1. The van der Waals surface area contributed by atoms with Crippen molar-refractivity contribution in [1.82, 2.24) is 15.2 Å². The van der Waals surface area contributed by atoms with Gasteiger partial charge < -0.3 is 10.2 Å². The van der Waals surface area contributed by atoms with Gasteiger partial charge in [0.1, 0.15) is 0 Å². The van der Waals surface area contributed by atoms with Crippen molar-refractivity contribution in [3.05, 3.63) is 64.8 Å². The fourth-order valence-corrected chi connectivity index (χ4v) is 5.06. The molecule has 1 aliphatic rings. The number of carbonyl (C=O) groups is 2. The van der Waals surface area contributed by atoms with E-state index in [4.69, 9.17) is 0 Å². The molecule has 2 aromatic heterocycles. The standard InChI is InChI=1S/C22H23N3O2S/c1-15(26)25-13-10-16(14-25)20-18-7-2-3-8-19(18)28-21(20)22(27)24-12-9-17-6-4-5-11-23-17/h2-8,11,16H,9-10,12-14H2,1H3,(H,24,27)/t16-/m0/s1. The average Bonchev–Trinajstić information content (AvgIpc) is 3.33. The van der Waals surface area contributed by atoms with E-state index in [1.54, 1.807) is 24.5 Å². The third kappa shape index (κ3) is 3.78. The van der Waals surface area contributed by atoms with E-state index in [-0.39, 0.29) is 17.7 Å². The molecule has 144 valence electrons. The number of aromatic nitrogens is 1. The minimum Gasteiger partial charge on any atom is -0.351 e. The molecule has 0 radical (unpaired) electrons. The molecule has 1 N–H and O–H groups in total. The van der Waals surface area contributed by atoms with Gasteiger partial charge in [0.2, 0.25) is 5.91 Å². The summed E-state index contributed by atoms with van der Waals surface area (Å²) in [6, 6.07) is 14.0. The lowest BCUT2D eigenvalue weighted by Crippen LogP contribution is -2.27. The molecule has 0 aliphatic carbocycles. The van der Waals surface area contributed by atoms with Crippen molar-refractivity contribution < 1.29 is 9.59 Å². The number of pyridine rings is 1. The van der Waals surface area contributed by atoms with Crippen LogP contribution >= 0.6 is 11.3 Å². The van der Waals surface area contributed by atoms with E-state index in [1.165, 1.54) is 0 Å². The maximum Gasteiger partial charge on any atom is 0.261 e. The summed E-state index contributed by atoms with van der Waals surface area (Å²) in [7, 11) is 0. The second kappa shape index (κ2) is 8.10. The Labute approximate surface area is 168 Å². The van der Waals surface area contributed by atoms with E-state index in [2.05, 4.69) is 22.4 Å². The van der Waals surface area contributed by atoms with Crippen molar-refractivity contribution in [2.45, 2.75) is 25.7 Å². The van der Waals surface area contributed by atoms with Gasteiger partial charge in [0.25, 0.3) is 5.91 Å². The van der Waals surface area contributed by atoms with Crippen LogP contribution in [0.1, 0.15) is 40.2 Å². The Kier molecular flexibility index (Phi) is 5.39. The van der Waals surface area contributed by atoms with Crippen LogP contribution in [-0.2, 0) is 11.2 Å².